The first-order valence-corrected chi connectivity index (χ1v) is 13.8. The van der Waals surface area contributed by atoms with E-state index in [1.165, 1.54) is 22.3 Å². The number of hydrogen-bond acceptors (Lipinski definition) is 1. The average molecular weight is 524 g/mol. The van der Waals surface area contributed by atoms with Crippen molar-refractivity contribution in [2.75, 3.05) is 5.32 Å². The number of nitrogens with one attached hydrogen (secondary N) is 1. The highest BCUT2D eigenvalue weighted by molar-refractivity contribution is 5.92. The molecule has 2 aromatic carbocycles. The number of anilines is 1. The van der Waals surface area contributed by atoms with E-state index in [4.69, 9.17) is 0 Å². The maximum absolute atomic E-state index is 4.24. The largest absolute Gasteiger partial charge is 0.356 e. The zero-order chi connectivity index (χ0) is 29.0. The van der Waals surface area contributed by atoms with Crippen LogP contribution in [0.3, 0.4) is 0 Å². The fraction of sp³-hybridized carbons (Fsp3) is 0.128. The fourth-order valence-electron chi connectivity index (χ4n) is 5.35. The van der Waals surface area contributed by atoms with E-state index in [-0.39, 0.29) is 0 Å². The normalized spacial score (nSPS) is 17.8. The van der Waals surface area contributed by atoms with Gasteiger partial charge in [0.25, 0.3) is 0 Å². The molecule has 0 radical (unpaired) electrons. The molecule has 0 saturated heterocycles. The van der Waals surface area contributed by atoms with Gasteiger partial charge >= 0.3 is 0 Å². The molecule has 0 saturated carbocycles. The van der Waals surface area contributed by atoms with Gasteiger partial charge in [0.2, 0.25) is 0 Å². The zero-order valence-corrected chi connectivity index (χ0v) is 24.2. The second-order valence-corrected chi connectivity index (χ2v) is 9.48. The second-order valence-electron chi connectivity index (χ2n) is 9.48. The van der Waals surface area contributed by atoms with Gasteiger partial charge in [-0.2, -0.15) is 0 Å². The predicted molar refractivity (Wildman–Crippen MR) is 178 cm³/mol. The smallest absolute Gasteiger partial charge is 0.0714 e. The maximum Gasteiger partial charge on any atom is 0.0714 e. The highest BCUT2D eigenvalue weighted by atomic mass is 14.9. The van der Waals surface area contributed by atoms with Crippen molar-refractivity contribution >= 4 is 11.3 Å². The van der Waals surface area contributed by atoms with E-state index in [0.29, 0.717) is 0 Å². The van der Waals surface area contributed by atoms with Gasteiger partial charge in [0.15, 0.2) is 0 Å². The molecule has 1 N–H and O–H groups in total. The molecule has 0 bridgehead atoms. The van der Waals surface area contributed by atoms with Crippen LogP contribution in [-0.2, 0) is 5.41 Å². The first-order valence-electron chi connectivity index (χ1n) is 13.8. The SMILES string of the molecule is C=C/C=C(\C=C/C)C1(c2ccccc2)C(/C=C\C)=C(C=C)c2ccc(NC(/C=C\C(=C)/C=C\C)=C/CC=C)cc21. The molecular formula is C39H41N. The van der Waals surface area contributed by atoms with Crippen molar-refractivity contribution in [3.8, 4) is 0 Å². The lowest BCUT2D eigenvalue weighted by Gasteiger charge is -2.36. The predicted octanol–water partition coefficient (Wildman–Crippen LogP) is 10.8. The Morgan fingerprint density at radius 3 is 2.25 bits per heavy atom. The van der Waals surface area contributed by atoms with E-state index in [0.717, 1.165) is 34.5 Å². The first kappa shape index (κ1) is 29.9. The number of benzene rings is 2. The van der Waals surface area contributed by atoms with Gasteiger partial charge in [-0.05, 0) is 84.4 Å². The number of rotatable bonds is 13. The van der Waals surface area contributed by atoms with E-state index in [9.17, 15) is 0 Å². The van der Waals surface area contributed by atoms with Crippen LogP contribution in [0.2, 0.25) is 0 Å². The van der Waals surface area contributed by atoms with Gasteiger partial charge in [-0.15, -0.1) is 6.58 Å². The summed E-state index contributed by atoms with van der Waals surface area (Å²) in [4.78, 5) is 0. The van der Waals surface area contributed by atoms with Crippen LogP contribution >= 0.6 is 0 Å². The lowest BCUT2D eigenvalue weighted by atomic mass is 9.66. The monoisotopic (exact) mass is 523 g/mol. The van der Waals surface area contributed by atoms with E-state index in [1.807, 2.05) is 43.4 Å². The molecule has 3 rings (SSSR count). The fourth-order valence-corrected chi connectivity index (χ4v) is 5.35. The molecular weight excluding hydrogens is 482 g/mol. The van der Waals surface area contributed by atoms with Crippen molar-refractivity contribution in [1.29, 1.82) is 0 Å². The molecule has 1 atom stereocenters. The van der Waals surface area contributed by atoms with Crippen molar-refractivity contribution < 1.29 is 0 Å². The number of hydrogen-bond donors (Lipinski definition) is 1. The summed E-state index contributed by atoms with van der Waals surface area (Å²) in [6.45, 7) is 22.4. The summed E-state index contributed by atoms with van der Waals surface area (Å²) in [6, 6.07) is 17.3. The van der Waals surface area contributed by atoms with Gasteiger partial charge in [-0.3, -0.25) is 0 Å². The molecule has 0 aliphatic heterocycles. The van der Waals surface area contributed by atoms with Gasteiger partial charge in [-0.25, -0.2) is 0 Å². The van der Waals surface area contributed by atoms with Gasteiger partial charge in [0.05, 0.1) is 5.41 Å². The molecule has 0 heterocycles. The summed E-state index contributed by atoms with van der Waals surface area (Å²) in [7, 11) is 0. The third-order valence-corrected chi connectivity index (χ3v) is 6.88. The average Bonchev–Trinajstić information content (AvgIpc) is 3.24. The van der Waals surface area contributed by atoms with E-state index < -0.39 is 5.41 Å². The van der Waals surface area contributed by atoms with Crippen LogP contribution in [0.25, 0.3) is 5.57 Å². The molecule has 1 aliphatic rings. The Kier molecular flexibility index (Phi) is 10.9. The van der Waals surface area contributed by atoms with Gasteiger partial charge in [-0.1, -0.05) is 129 Å². The molecule has 0 aromatic heterocycles. The standard InChI is InChI=1S/C39H41N/c1-8-14-24-33(26-25-30(7)18-9-2)40-34-27-28-36-35(13-6)37(21-12-5)39(38(36)29-34,31(19-10-3)20-11-4)32-22-16-15-17-23-32/h8-13,15-29,40H,1,3,6-7,14H2,2,4-5H3/b18-9-,20-11-,21-12-,26-25-,31-19+,33-24+. The van der Waals surface area contributed by atoms with Crippen molar-refractivity contribution in [3.63, 3.8) is 0 Å². The summed E-state index contributed by atoms with van der Waals surface area (Å²) in [6.07, 6.45) is 27.4. The molecule has 1 heteroatoms. The highest BCUT2D eigenvalue weighted by Crippen LogP contribution is 2.56. The second kappa shape index (κ2) is 14.5. The van der Waals surface area contributed by atoms with E-state index in [2.05, 4.69) is 137 Å². The maximum atomic E-state index is 4.24. The lowest BCUT2D eigenvalue weighted by Crippen LogP contribution is -2.30. The third kappa shape index (κ3) is 6.16. The van der Waals surface area contributed by atoms with E-state index in [1.54, 1.807) is 0 Å². The minimum Gasteiger partial charge on any atom is -0.356 e. The Bertz CT molecular complexity index is 1460. The van der Waals surface area contributed by atoms with Crippen molar-refractivity contribution in [3.05, 3.63) is 193 Å². The van der Waals surface area contributed by atoms with Crippen LogP contribution in [-0.4, -0.2) is 0 Å². The molecule has 0 spiro atoms. The third-order valence-electron chi connectivity index (χ3n) is 6.88. The van der Waals surface area contributed by atoms with Crippen LogP contribution in [0.15, 0.2) is 176 Å². The Morgan fingerprint density at radius 2 is 1.62 bits per heavy atom. The Labute approximate surface area is 241 Å². The summed E-state index contributed by atoms with van der Waals surface area (Å²) in [5, 5.41) is 3.65. The van der Waals surface area contributed by atoms with Crippen LogP contribution in [0.5, 0.6) is 0 Å². The Balaban J connectivity index is 2.34. The highest BCUT2D eigenvalue weighted by Gasteiger charge is 2.46. The molecule has 2 aromatic rings. The summed E-state index contributed by atoms with van der Waals surface area (Å²) < 4.78 is 0. The molecule has 0 fully saturated rings. The van der Waals surface area contributed by atoms with Crippen LogP contribution in [0, 0.1) is 0 Å². The molecule has 40 heavy (non-hydrogen) atoms. The number of allylic oxidation sites excluding steroid dienone is 17. The molecule has 1 aliphatic carbocycles. The Hall–Kier alpha value is -4.62. The zero-order valence-electron chi connectivity index (χ0n) is 24.2. The van der Waals surface area contributed by atoms with Crippen molar-refractivity contribution in [1.82, 2.24) is 0 Å². The van der Waals surface area contributed by atoms with Crippen LogP contribution < -0.4 is 5.32 Å². The van der Waals surface area contributed by atoms with Crippen LogP contribution in [0.1, 0.15) is 43.9 Å². The van der Waals surface area contributed by atoms with Crippen molar-refractivity contribution in [2.24, 2.45) is 0 Å². The first-order chi connectivity index (χ1) is 19.5. The molecule has 1 nitrogen and oxygen atoms in total. The summed E-state index contributed by atoms with van der Waals surface area (Å²) in [5.41, 5.74) is 9.40. The molecule has 202 valence electrons. The van der Waals surface area contributed by atoms with Gasteiger partial charge in [0.1, 0.15) is 0 Å². The van der Waals surface area contributed by atoms with Gasteiger partial charge < -0.3 is 5.32 Å². The molecule has 0 amide bonds. The van der Waals surface area contributed by atoms with Crippen LogP contribution in [0.4, 0.5) is 5.69 Å². The summed E-state index contributed by atoms with van der Waals surface area (Å²) in [5.74, 6) is 0. The minimum absolute atomic E-state index is 0.550. The lowest BCUT2D eigenvalue weighted by molar-refractivity contribution is 0.760. The quantitative estimate of drug-likeness (QED) is 0.203. The number of fused-ring (bicyclic) bond motifs is 1. The molecule has 1 unspecified atom stereocenters. The summed E-state index contributed by atoms with van der Waals surface area (Å²) >= 11 is 0. The van der Waals surface area contributed by atoms with Crippen molar-refractivity contribution in [2.45, 2.75) is 32.6 Å². The topological polar surface area (TPSA) is 12.0 Å². The van der Waals surface area contributed by atoms with Gasteiger partial charge in [0, 0.05) is 11.4 Å². The van der Waals surface area contributed by atoms with E-state index >= 15 is 0 Å². The minimum atomic E-state index is -0.550. The Morgan fingerprint density at radius 1 is 0.875 bits per heavy atom.